The van der Waals surface area contributed by atoms with E-state index in [1.165, 1.54) is 0 Å². The quantitative estimate of drug-likeness (QED) is 0.271. The maximum absolute atomic E-state index is 10.1. The fourth-order valence-corrected chi connectivity index (χ4v) is 1.56. The van der Waals surface area contributed by atoms with Crippen LogP contribution in [0.4, 0.5) is 0 Å². The SMILES string of the molecule is O=P([O-])([O-])OC[C@H]1OC(O)[C@H](O)[C@@H](O)[C@@H]1O.[Ba+2]. The number of hydrogen-bond donors (Lipinski definition) is 4. The third-order valence-electron chi connectivity index (χ3n) is 2.08. The zero-order chi connectivity index (χ0) is 12.5. The first-order valence-corrected chi connectivity index (χ1v) is 5.73. The Kier molecular flexibility index (Phi) is 7.95. The number of aliphatic hydroxyl groups excluding tert-OH is 4. The first-order valence-electron chi connectivity index (χ1n) is 4.26. The van der Waals surface area contributed by atoms with Crippen LogP contribution < -0.4 is 9.79 Å². The molecule has 1 unspecified atom stereocenters. The summed E-state index contributed by atoms with van der Waals surface area (Å²) < 4.78 is 18.5. The van der Waals surface area contributed by atoms with Gasteiger partial charge in [0.1, 0.15) is 24.4 Å². The first kappa shape index (κ1) is 18.5. The summed E-state index contributed by atoms with van der Waals surface area (Å²) in [6, 6.07) is 0. The van der Waals surface area contributed by atoms with Crippen molar-refractivity contribution in [3.63, 3.8) is 0 Å². The normalized spacial score (nSPS) is 38.6. The Morgan fingerprint density at radius 2 is 1.65 bits per heavy atom. The molecule has 0 spiro atoms. The molecule has 1 fully saturated rings. The molecule has 0 aliphatic carbocycles. The molecule has 1 saturated heterocycles. The van der Waals surface area contributed by atoms with Crippen molar-refractivity contribution in [1.29, 1.82) is 0 Å². The van der Waals surface area contributed by atoms with E-state index >= 15 is 0 Å². The van der Waals surface area contributed by atoms with Crippen molar-refractivity contribution in [3.8, 4) is 0 Å². The van der Waals surface area contributed by atoms with Gasteiger partial charge in [-0.2, -0.15) is 0 Å². The minimum atomic E-state index is -5.23. The maximum Gasteiger partial charge on any atom is 2.00 e. The van der Waals surface area contributed by atoms with Gasteiger partial charge in [-0.05, 0) is 0 Å². The average molecular weight is 395 g/mol. The molecule has 11 heteroatoms. The van der Waals surface area contributed by atoms with E-state index in [1.807, 2.05) is 0 Å². The second-order valence-electron chi connectivity index (χ2n) is 3.28. The molecule has 0 saturated carbocycles. The van der Waals surface area contributed by atoms with Gasteiger partial charge >= 0.3 is 48.9 Å². The molecule has 0 amide bonds. The second kappa shape index (κ2) is 7.31. The molecule has 0 aromatic carbocycles. The molecule has 5 atom stereocenters. The summed E-state index contributed by atoms with van der Waals surface area (Å²) in [5.74, 6) is 0. The van der Waals surface area contributed by atoms with Crippen LogP contribution in [0, 0.1) is 0 Å². The van der Waals surface area contributed by atoms with Gasteiger partial charge < -0.3 is 44.0 Å². The molecule has 0 bridgehead atoms. The van der Waals surface area contributed by atoms with Gasteiger partial charge in [-0.15, -0.1) is 0 Å². The smallest absolute Gasteiger partial charge is 0.790 e. The van der Waals surface area contributed by atoms with E-state index in [1.54, 1.807) is 0 Å². The zero-order valence-corrected chi connectivity index (χ0v) is 13.9. The van der Waals surface area contributed by atoms with Gasteiger partial charge in [0, 0.05) is 0 Å². The minimum Gasteiger partial charge on any atom is -0.790 e. The van der Waals surface area contributed by atoms with Crippen molar-refractivity contribution in [2.75, 3.05) is 6.61 Å². The van der Waals surface area contributed by atoms with Crippen LogP contribution in [0.2, 0.25) is 0 Å². The summed E-state index contributed by atoms with van der Waals surface area (Å²) >= 11 is 0. The van der Waals surface area contributed by atoms with E-state index in [9.17, 15) is 24.6 Å². The van der Waals surface area contributed by atoms with Crippen LogP contribution in [-0.4, -0.2) is 107 Å². The summed E-state index contributed by atoms with van der Waals surface area (Å²) in [4.78, 5) is 20.3. The van der Waals surface area contributed by atoms with Gasteiger partial charge in [-0.1, -0.05) is 0 Å². The Balaban J connectivity index is 0.00000256. The molecule has 96 valence electrons. The average Bonchev–Trinajstić information content (AvgIpc) is 2.17. The van der Waals surface area contributed by atoms with E-state index < -0.39 is 45.1 Å². The molecular weight excluding hydrogens is 384 g/mol. The predicted octanol–water partition coefficient (Wildman–Crippen LogP) is -4.75. The van der Waals surface area contributed by atoms with E-state index in [4.69, 9.17) is 10.2 Å². The van der Waals surface area contributed by atoms with Crippen LogP contribution in [0.15, 0.2) is 0 Å². The standard InChI is InChI=1S/C6H13O9P.Ba/c7-3-2(1-14-16(11,12)13)15-6(10)5(9)4(3)8;/h2-10H,1H2,(H2,11,12,13);/q;+2/p-2/t2-,3-,4+,5-,6?;/m1./s1. The molecule has 1 aliphatic heterocycles. The van der Waals surface area contributed by atoms with Crippen molar-refractivity contribution in [3.05, 3.63) is 0 Å². The number of aliphatic hydroxyl groups is 4. The molecule has 0 radical (unpaired) electrons. The van der Waals surface area contributed by atoms with Crippen molar-refractivity contribution in [2.45, 2.75) is 30.7 Å². The summed E-state index contributed by atoms with van der Waals surface area (Å²) in [6.07, 6.45) is -8.35. The van der Waals surface area contributed by atoms with Gasteiger partial charge in [-0.25, -0.2) is 0 Å². The second-order valence-corrected chi connectivity index (χ2v) is 4.43. The van der Waals surface area contributed by atoms with Gasteiger partial charge in [0.2, 0.25) is 0 Å². The van der Waals surface area contributed by atoms with Crippen LogP contribution in [-0.2, 0) is 13.8 Å². The summed E-state index contributed by atoms with van der Waals surface area (Å²) in [5, 5.41) is 36.6. The van der Waals surface area contributed by atoms with Crippen molar-refractivity contribution < 1.29 is 44.0 Å². The molecule has 17 heavy (non-hydrogen) atoms. The molecule has 4 N–H and O–H groups in total. The molecule has 9 nitrogen and oxygen atoms in total. The van der Waals surface area contributed by atoms with E-state index in [2.05, 4.69) is 9.26 Å². The van der Waals surface area contributed by atoms with Gasteiger partial charge in [0.05, 0.1) is 14.4 Å². The number of hydrogen-bond acceptors (Lipinski definition) is 9. The van der Waals surface area contributed by atoms with Crippen LogP contribution in [0.5, 0.6) is 0 Å². The fourth-order valence-electron chi connectivity index (χ4n) is 1.23. The zero-order valence-electron chi connectivity index (χ0n) is 8.58. The van der Waals surface area contributed by atoms with E-state index in [-0.39, 0.29) is 48.9 Å². The van der Waals surface area contributed by atoms with Crippen LogP contribution in [0.1, 0.15) is 0 Å². The number of phosphoric acid groups is 1. The van der Waals surface area contributed by atoms with E-state index in [0.29, 0.717) is 0 Å². The van der Waals surface area contributed by atoms with Crippen LogP contribution >= 0.6 is 7.82 Å². The number of rotatable bonds is 3. The Morgan fingerprint density at radius 1 is 1.12 bits per heavy atom. The Labute approximate surface area is 137 Å². The Morgan fingerprint density at radius 3 is 2.12 bits per heavy atom. The van der Waals surface area contributed by atoms with Crippen molar-refractivity contribution in [1.82, 2.24) is 0 Å². The molecule has 0 aromatic heterocycles. The molecule has 1 aliphatic rings. The van der Waals surface area contributed by atoms with Crippen molar-refractivity contribution >= 4 is 56.7 Å². The van der Waals surface area contributed by atoms with Crippen LogP contribution in [0.25, 0.3) is 0 Å². The minimum absolute atomic E-state index is 0. The summed E-state index contributed by atoms with van der Waals surface area (Å²) in [6.45, 7) is -0.855. The Hall–Kier alpha value is 1.48. The summed E-state index contributed by atoms with van der Waals surface area (Å²) in [5.41, 5.74) is 0. The Bertz CT molecular complexity index is 283. The fraction of sp³-hybridized carbons (Fsp3) is 1.00. The molecular formula is C6H11BaO9P. The third-order valence-corrected chi connectivity index (χ3v) is 2.55. The van der Waals surface area contributed by atoms with Gasteiger partial charge in [-0.3, -0.25) is 0 Å². The third kappa shape index (κ3) is 5.55. The van der Waals surface area contributed by atoms with Crippen LogP contribution in [0.3, 0.4) is 0 Å². The molecule has 0 aromatic rings. The molecule has 1 heterocycles. The maximum atomic E-state index is 10.1. The largest absolute Gasteiger partial charge is 2.00 e. The number of ether oxygens (including phenoxy) is 1. The van der Waals surface area contributed by atoms with Crippen molar-refractivity contribution in [2.24, 2.45) is 0 Å². The molecule has 1 rings (SSSR count). The van der Waals surface area contributed by atoms with E-state index in [0.717, 1.165) is 0 Å². The topological polar surface area (TPSA) is 163 Å². The van der Waals surface area contributed by atoms with Gasteiger partial charge in [0.25, 0.3) is 0 Å². The number of phosphoric ester groups is 1. The summed E-state index contributed by atoms with van der Waals surface area (Å²) in [7, 11) is -5.23. The monoisotopic (exact) mass is 396 g/mol. The van der Waals surface area contributed by atoms with Gasteiger partial charge in [0.15, 0.2) is 6.29 Å². The predicted molar refractivity (Wildman–Crippen MR) is 48.2 cm³/mol. The first-order chi connectivity index (χ1) is 7.22.